The Balaban J connectivity index is 2.04. The lowest BCUT2D eigenvalue weighted by Crippen LogP contribution is -2.47. The summed E-state index contributed by atoms with van der Waals surface area (Å²) in [7, 11) is 0. The summed E-state index contributed by atoms with van der Waals surface area (Å²) in [4.78, 5) is 24.1. The van der Waals surface area contributed by atoms with Gasteiger partial charge in [-0.3, -0.25) is 9.59 Å². The number of hydrogen-bond acceptors (Lipinski definition) is 4. The Morgan fingerprint density at radius 1 is 1.32 bits per heavy atom. The molecule has 1 N–H and O–H groups in total. The topological polar surface area (TPSA) is 63.6 Å². The molecule has 2 saturated carbocycles. The van der Waals surface area contributed by atoms with Crippen LogP contribution in [0.15, 0.2) is 0 Å². The number of rotatable bonds is 0. The molecule has 0 aromatic rings. The van der Waals surface area contributed by atoms with Crippen molar-refractivity contribution in [3.05, 3.63) is 0 Å². The molecule has 106 valence electrons. The van der Waals surface area contributed by atoms with Crippen LogP contribution in [0.5, 0.6) is 0 Å². The quantitative estimate of drug-likeness (QED) is 0.676. The summed E-state index contributed by atoms with van der Waals surface area (Å²) < 4.78 is 5.43. The highest BCUT2D eigenvalue weighted by atomic mass is 16.6. The van der Waals surface area contributed by atoms with E-state index in [2.05, 4.69) is 6.92 Å². The van der Waals surface area contributed by atoms with E-state index in [-0.39, 0.29) is 35.6 Å². The first kappa shape index (κ1) is 13.1. The highest BCUT2D eigenvalue weighted by molar-refractivity contribution is 5.88. The second kappa shape index (κ2) is 4.05. The van der Waals surface area contributed by atoms with Crippen molar-refractivity contribution in [3.8, 4) is 0 Å². The van der Waals surface area contributed by atoms with Gasteiger partial charge in [-0.1, -0.05) is 13.8 Å². The Morgan fingerprint density at radius 2 is 2.00 bits per heavy atom. The Labute approximate surface area is 113 Å². The molecule has 3 rings (SSSR count). The highest BCUT2D eigenvalue weighted by Gasteiger charge is 2.61. The minimum Gasteiger partial charge on any atom is -0.462 e. The number of Topliss-reactive ketones (excluding diaryl/α,β-unsaturated/α-hetero) is 1. The lowest BCUT2D eigenvalue weighted by molar-refractivity contribution is -0.145. The average molecular weight is 266 g/mol. The van der Waals surface area contributed by atoms with Gasteiger partial charge in [0.15, 0.2) is 0 Å². The van der Waals surface area contributed by atoms with Crippen molar-refractivity contribution in [1.29, 1.82) is 0 Å². The maximum atomic E-state index is 12.3. The van der Waals surface area contributed by atoms with Crippen molar-refractivity contribution in [2.45, 2.75) is 52.2 Å². The molecule has 0 bridgehead atoms. The van der Waals surface area contributed by atoms with Crippen molar-refractivity contribution >= 4 is 11.8 Å². The van der Waals surface area contributed by atoms with Crippen LogP contribution in [-0.2, 0) is 14.3 Å². The van der Waals surface area contributed by atoms with Crippen LogP contribution in [0.4, 0.5) is 0 Å². The number of esters is 1. The van der Waals surface area contributed by atoms with Crippen LogP contribution in [0, 0.1) is 29.1 Å². The first-order chi connectivity index (χ1) is 8.87. The molecule has 3 fully saturated rings. The number of carbonyl (C=O) groups is 2. The van der Waals surface area contributed by atoms with Crippen LogP contribution in [0.1, 0.15) is 40.0 Å². The number of carbonyl (C=O) groups excluding carboxylic acids is 2. The van der Waals surface area contributed by atoms with Crippen LogP contribution in [0.2, 0.25) is 0 Å². The molecule has 19 heavy (non-hydrogen) atoms. The first-order valence-electron chi connectivity index (χ1n) is 7.29. The molecule has 0 amide bonds. The molecule has 1 aliphatic heterocycles. The van der Waals surface area contributed by atoms with Crippen molar-refractivity contribution < 1.29 is 19.4 Å². The Kier molecular flexibility index (Phi) is 2.79. The van der Waals surface area contributed by atoms with Crippen LogP contribution < -0.4 is 0 Å². The zero-order valence-electron chi connectivity index (χ0n) is 11.8. The van der Waals surface area contributed by atoms with Gasteiger partial charge >= 0.3 is 5.97 Å². The number of aliphatic hydroxyl groups excluding tert-OH is 1. The molecule has 0 aromatic carbocycles. The van der Waals surface area contributed by atoms with Crippen molar-refractivity contribution in [1.82, 2.24) is 0 Å². The lowest BCUT2D eigenvalue weighted by Gasteiger charge is -2.37. The first-order valence-corrected chi connectivity index (χ1v) is 7.29. The van der Waals surface area contributed by atoms with Gasteiger partial charge in [0.2, 0.25) is 0 Å². The number of ketones is 1. The molecule has 2 aliphatic carbocycles. The second-order valence-electron chi connectivity index (χ2n) is 6.85. The second-order valence-corrected chi connectivity index (χ2v) is 6.85. The molecule has 0 radical (unpaired) electrons. The number of aliphatic hydroxyl groups is 1. The van der Waals surface area contributed by atoms with Gasteiger partial charge in [-0.2, -0.15) is 0 Å². The average Bonchev–Trinajstić information content (AvgIpc) is 2.77. The Morgan fingerprint density at radius 3 is 2.68 bits per heavy atom. The molecule has 0 unspecified atom stereocenters. The van der Waals surface area contributed by atoms with Crippen molar-refractivity contribution in [2.75, 3.05) is 0 Å². The summed E-state index contributed by atoms with van der Waals surface area (Å²) in [6, 6.07) is 0. The fraction of sp³-hybridized carbons (Fsp3) is 0.867. The van der Waals surface area contributed by atoms with Gasteiger partial charge in [-0.05, 0) is 31.6 Å². The van der Waals surface area contributed by atoms with E-state index in [0.29, 0.717) is 12.3 Å². The van der Waals surface area contributed by atoms with Crippen LogP contribution in [0.25, 0.3) is 0 Å². The van der Waals surface area contributed by atoms with Gasteiger partial charge in [0.05, 0.1) is 17.4 Å². The highest BCUT2D eigenvalue weighted by Crippen LogP contribution is 2.55. The van der Waals surface area contributed by atoms with E-state index < -0.39 is 11.5 Å². The lowest BCUT2D eigenvalue weighted by atomic mass is 9.67. The summed E-state index contributed by atoms with van der Waals surface area (Å²) in [5.74, 6) is -0.0910. The van der Waals surface area contributed by atoms with E-state index in [4.69, 9.17) is 4.74 Å². The minimum absolute atomic E-state index is 0.157. The monoisotopic (exact) mass is 266 g/mol. The fourth-order valence-electron chi connectivity index (χ4n) is 4.75. The summed E-state index contributed by atoms with van der Waals surface area (Å²) in [5, 5.41) is 10.8. The zero-order chi connectivity index (χ0) is 13.9. The molecule has 4 heteroatoms. The third kappa shape index (κ3) is 1.55. The van der Waals surface area contributed by atoms with E-state index in [9.17, 15) is 14.7 Å². The number of fused-ring (bicyclic) bond motifs is 2. The normalized spacial score (nSPS) is 53.5. The van der Waals surface area contributed by atoms with E-state index in [1.54, 1.807) is 0 Å². The SMILES string of the molecule is C[C@@H]1C[C@@H]2OC(=O)[C@H](C)[C@@H]2[C@H](O)[C@]2(C)C(=O)CC[C@H]12. The predicted octanol–water partition coefficient (Wildman–Crippen LogP) is 1.55. The fourth-order valence-corrected chi connectivity index (χ4v) is 4.75. The standard InChI is InChI=1S/C15H22O4/c1-7-6-10-12(8(2)14(18)19-10)13(17)15(3)9(7)4-5-11(15)16/h7-10,12-13,17H,4-6H2,1-3H3/t7-,8-,9-,10+,12+,13+,15+/m1/s1. The zero-order valence-corrected chi connectivity index (χ0v) is 11.8. The molecule has 4 nitrogen and oxygen atoms in total. The maximum Gasteiger partial charge on any atom is 0.309 e. The smallest absolute Gasteiger partial charge is 0.309 e. The summed E-state index contributed by atoms with van der Waals surface area (Å²) in [6.07, 6.45) is 1.20. The van der Waals surface area contributed by atoms with E-state index in [1.807, 2.05) is 13.8 Å². The van der Waals surface area contributed by atoms with Crippen LogP contribution >= 0.6 is 0 Å². The van der Waals surface area contributed by atoms with E-state index >= 15 is 0 Å². The third-order valence-corrected chi connectivity index (χ3v) is 5.97. The maximum absolute atomic E-state index is 12.3. The summed E-state index contributed by atoms with van der Waals surface area (Å²) in [5.41, 5.74) is -0.693. The molecule has 3 aliphatic rings. The molecular formula is C15H22O4. The van der Waals surface area contributed by atoms with Crippen molar-refractivity contribution in [3.63, 3.8) is 0 Å². The molecular weight excluding hydrogens is 244 g/mol. The third-order valence-electron chi connectivity index (χ3n) is 5.97. The Hall–Kier alpha value is -0.900. The predicted molar refractivity (Wildman–Crippen MR) is 68.2 cm³/mol. The molecule has 0 spiro atoms. The van der Waals surface area contributed by atoms with Gasteiger partial charge in [0, 0.05) is 12.3 Å². The van der Waals surface area contributed by atoms with Crippen LogP contribution in [-0.4, -0.2) is 29.1 Å². The van der Waals surface area contributed by atoms with Gasteiger partial charge in [-0.15, -0.1) is 0 Å². The molecule has 1 heterocycles. The largest absolute Gasteiger partial charge is 0.462 e. The molecule has 1 saturated heterocycles. The summed E-state index contributed by atoms with van der Waals surface area (Å²) >= 11 is 0. The van der Waals surface area contributed by atoms with Crippen molar-refractivity contribution in [2.24, 2.45) is 29.1 Å². The van der Waals surface area contributed by atoms with E-state index in [1.165, 1.54) is 0 Å². The van der Waals surface area contributed by atoms with Crippen LogP contribution in [0.3, 0.4) is 0 Å². The number of hydrogen-bond donors (Lipinski definition) is 1. The molecule has 0 aromatic heterocycles. The van der Waals surface area contributed by atoms with Gasteiger partial charge in [0.25, 0.3) is 0 Å². The van der Waals surface area contributed by atoms with E-state index in [0.717, 1.165) is 12.8 Å². The minimum atomic E-state index is -0.760. The Bertz CT molecular complexity index is 432. The molecule has 7 atom stereocenters. The summed E-state index contributed by atoms with van der Waals surface area (Å²) in [6.45, 7) is 5.82. The van der Waals surface area contributed by atoms with Gasteiger partial charge in [0.1, 0.15) is 11.9 Å². The number of ether oxygens (including phenoxy) is 1. The van der Waals surface area contributed by atoms with Gasteiger partial charge < -0.3 is 9.84 Å². The van der Waals surface area contributed by atoms with Gasteiger partial charge in [-0.25, -0.2) is 0 Å².